The molecule has 0 bridgehead atoms. The van der Waals surface area contributed by atoms with Gasteiger partial charge in [-0.25, -0.2) is 0 Å². The Morgan fingerprint density at radius 2 is 1.71 bits per heavy atom. The minimum atomic E-state index is -4.39. The number of alkyl halides is 3. The predicted octanol–water partition coefficient (Wildman–Crippen LogP) is 4.68. The van der Waals surface area contributed by atoms with Crippen molar-refractivity contribution in [2.24, 2.45) is 0 Å². The molecule has 90 valence electrons. The Kier molecular flexibility index (Phi) is 3.94. The molecule has 1 aromatic rings. The molecule has 0 saturated carbocycles. The van der Waals surface area contributed by atoms with Crippen LogP contribution in [-0.2, 0) is 0 Å². The third-order valence-electron chi connectivity index (χ3n) is 2.30. The van der Waals surface area contributed by atoms with Crippen molar-refractivity contribution in [2.75, 3.05) is 0 Å². The summed E-state index contributed by atoms with van der Waals surface area (Å²) in [5.74, 6) is 0. The van der Waals surface area contributed by atoms with Crippen LogP contribution in [0.1, 0.15) is 11.1 Å². The van der Waals surface area contributed by atoms with E-state index >= 15 is 0 Å². The van der Waals surface area contributed by atoms with E-state index in [-0.39, 0.29) is 0 Å². The van der Waals surface area contributed by atoms with Gasteiger partial charge in [0.1, 0.15) is 0 Å². The first-order chi connectivity index (χ1) is 7.84. The van der Waals surface area contributed by atoms with Gasteiger partial charge in [0.2, 0.25) is 0 Å². The number of hydrogen-bond donors (Lipinski definition) is 0. The van der Waals surface area contributed by atoms with E-state index in [1.54, 1.807) is 12.1 Å². The second kappa shape index (κ2) is 5.04. The van der Waals surface area contributed by atoms with Gasteiger partial charge >= 0.3 is 6.18 Å². The van der Waals surface area contributed by atoms with Crippen LogP contribution in [0, 0.1) is 6.92 Å². The fraction of sp³-hybridized carbons (Fsp3) is 0.143. The third kappa shape index (κ3) is 3.63. The van der Waals surface area contributed by atoms with Gasteiger partial charge in [-0.3, -0.25) is 0 Å². The Balaban J connectivity index is 3.02. The number of aryl methyl sites for hydroxylation is 1. The normalized spacial score (nSPS) is 12.4. The largest absolute Gasteiger partial charge is 0.416 e. The molecule has 1 aromatic carbocycles. The first-order valence-corrected chi connectivity index (χ1v) is 5.02. The molecule has 3 heteroatoms. The summed E-state index contributed by atoms with van der Waals surface area (Å²) in [5.41, 5.74) is 1.24. The summed E-state index contributed by atoms with van der Waals surface area (Å²) < 4.78 is 37.4. The van der Waals surface area contributed by atoms with Crippen LogP contribution in [-0.4, -0.2) is 6.18 Å². The summed E-state index contributed by atoms with van der Waals surface area (Å²) in [5, 5.41) is 0. The van der Waals surface area contributed by atoms with E-state index in [0.717, 1.165) is 17.7 Å². The lowest BCUT2D eigenvalue weighted by atomic mass is 10.0. The highest BCUT2D eigenvalue weighted by Crippen LogP contribution is 2.29. The van der Waals surface area contributed by atoms with Crippen molar-refractivity contribution < 1.29 is 13.2 Å². The number of benzene rings is 1. The molecule has 0 atom stereocenters. The van der Waals surface area contributed by atoms with E-state index in [0.29, 0.717) is 11.1 Å². The zero-order valence-electron chi connectivity index (χ0n) is 9.51. The molecule has 0 nitrogen and oxygen atoms in total. The fourth-order valence-corrected chi connectivity index (χ4v) is 1.30. The Labute approximate surface area is 98.8 Å². The summed E-state index contributed by atoms with van der Waals surface area (Å²) in [6.45, 7) is 8.70. The maximum atomic E-state index is 12.5. The van der Waals surface area contributed by atoms with Crippen molar-refractivity contribution >= 4 is 5.57 Å². The van der Waals surface area contributed by atoms with Crippen molar-refractivity contribution in [2.45, 2.75) is 13.1 Å². The quantitative estimate of drug-likeness (QED) is 0.670. The van der Waals surface area contributed by atoms with Crippen LogP contribution in [0.25, 0.3) is 5.57 Å². The summed E-state index contributed by atoms with van der Waals surface area (Å²) in [7, 11) is 0. The summed E-state index contributed by atoms with van der Waals surface area (Å²) in [4.78, 5) is 0. The lowest BCUT2D eigenvalue weighted by Crippen LogP contribution is -2.09. The van der Waals surface area contributed by atoms with Gasteiger partial charge in [0, 0.05) is 0 Å². The zero-order chi connectivity index (χ0) is 13.1. The maximum Gasteiger partial charge on any atom is 0.416 e. The average Bonchev–Trinajstić information content (AvgIpc) is 2.24. The first-order valence-electron chi connectivity index (χ1n) is 5.02. The standard InChI is InChI=1S/C14H13F3/c1-4-13(14(15,16)17)9-11(3)12-7-5-10(2)6-8-12/h4-9H,1,3H2,2H3/b13-9+. The SMILES string of the molecule is C=C/C(=C\C(=C)c1ccc(C)cc1)C(F)(F)F. The van der Waals surface area contributed by atoms with Gasteiger partial charge in [0.05, 0.1) is 5.57 Å². The smallest absolute Gasteiger partial charge is 0.166 e. The summed E-state index contributed by atoms with van der Waals surface area (Å²) in [6, 6.07) is 7.14. The average molecular weight is 238 g/mol. The van der Waals surface area contributed by atoms with Crippen molar-refractivity contribution in [3.63, 3.8) is 0 Å². The molecule has 17 heavy (non-hydrogen) atoms. The molecule has 0 spiro atoms. The molecule has 0 aromatic heterocycles. The summed E-state index contributed by atoms with van der Waals surface area (Å²) in [6.07, 6.45) is -2.60. The number of hydrogen-bond acceptors (Lipinski definition) is 0. The predicted molar refractivity (Wildman–Crippen MR) is 64.5 cm³/mol. The van der Waals surface area contributed by atoms with E-state index in [1.165, 1.54) is 0 Å². The molecule has 0 aliphatic heterocycles. The first kappa shape index (κ1) is 13.3. The van der Waals surface area contributed by atoms with E-state index in [4.69, 9.17) is 0 Å². The van der Waals surface area contributed by atoms with Crippen LogP contribution in [0.4, 0.5) is 13.2 Å². The molecular formula is C14H13F3. The summed E-state index contributed by atoms with van der Waals surface area (Å²) >= 11 is 0. The van der Waals surface area contributed by atoms with E-state index in [9.17, 15) is 13.2 Å². The third-order valence-corrected chi connectivity index (χ3v) is 2.30. The Hall–Kier alpha value is -1.77. The van der Waals surface area contributed by atoms with Crippen LogP contribution in [0.3, 0.4) is 0 Å². The molecule has 0 radical (unpaired) electrons. The van der Waals surface area contributed by atoms with Crippen LogP contribution in [0.2, 0.25) is 0 Å². The van der Waals surface area contributed by atoms with E-state index < -0.39 is 11.7 Å². The van der Waals surface area contributed by atoms with Gasteiger partial charge in [-0.15, -0.1) is 0 Å². The highest BCUT2D eigenvalue weighted by atomic mass is 19.4. The molecule has 0 saturated heterocycles. The Morgan fingerprint density at radius 3 is 2.12 bits per heavy atom. The topological polar surface area (TPSA) is 0 Å². The van der Waals surface area contributed by atoms with Gasteiger partial charge in [0.15, 0.2) is 0 Å². The van der Waals surface area contributed by atoms with Crippen LogP contribution in [0.15, 0.2) is 55.1 Å². The lowest BCUT2D eigenvalue weighted by Gasteiger charge is -2.08. The van der Waals surface area contributed by atoms with Crippen molar-refractivity contribution in [3.05, 3.63) is 66.3 Å². The number of rotatable bonds is 3. The fourth-order valence-electron chi connectivity index (χ4n) is 1.30. The molecule has 0 fully saturated rings. The molecule has 0 heterocycles. The molecule has 0 N–H and O–H groups in total. The lowest BCUT2D eigenvalue weighted by molar-refractivity contribution is -0.0880. The molecule has 0 aliphatic carbocycles. The molecule has 0 aliphatic rings. The minimum Gasteiger partial charge on any atom is -0.166 e. The van der Waals surface area contributed by atoms with Gasteiger partial charge in [-0.05, 0) is 24.1 Å². The number of allylic oxidation sites excluding steroid dienone is 4. The molecule has 1 rings (SSSR count). The number of halogens is 3. The zero-order valence-corrected chi connectivity index (χ0v) is 9.51. The van der Waals surface area contributed by atoms with Crippen molar-refractivity contribution in [1.29, 1.82) is 0 Å². The molecule has 0 amide bonds. The highest BCUT2D eigenvalue weighted by Gasteiger charge is 2.31. The second-order valence-corrected chi connectivity index (χ2v) is 3.69. The van der Waals surface area contributed by atoms with Gasteiger partial charge in [-0.1, -0.05) is 49.1 Å². The Morgan fingerprint density at radius 1 is 1.18 bits per heavy atom. The van der Waals surface area contributed by atoms with E-state index in [1.807, 2.05) is 19.1 Å². The van der Waals surface area contributed by atoms with Crippen molar-refractivity contribution in [3.8, 4) is 0 Å². The monoisotopic (exact) mass is 238 g/mol. The van der Waals surface area contributed by atoms with Gasteiger partial charge in [-0.2, -0.15) is 13.2 Å². The molecular weight excluding hydrogens is 225 g/mol. The minimum absolute atomic E-state index is 0.317. The van der Waals surface area contributed by atoms with Crippen LogP contribution in [0.5, 0.6) is 0 Å². The van der Waals surface area contributed by atoms with Crippen LogP contribution < -0.4 is 0 Å². The second-order valence-electron chi connectivity index (χ2n) is 3.69. The Bertz CT molecular complexity index is 447. The van der Waals surface area contributed by atoms with Gasteiger partial charge in [0.25, 0.3) is 0 Å². The van der Waals surface area contributed by atoms with Gasteiger partial charge < -0.3 is 0 Å². The van der Waals surface area contributed by atoms with Crippen LogP contribution >= 0.6 is 0 Å². The maximum absolute atomic E-state index is 12.5. The van der Waals surface area contributed by atoms with E-state index in [2.05, 4.69) is 13.2 Å². The highest BCUT2D eigenvalue weighted by molar-refractivity contribution is 5.73. The van der Waals surface area contributed by atoms with Crippen molar-refractivity contribution in [1.82, 2.24) is 0 Å². The molecule has 0 unspecified atom stereocenters.